The third kappa shape index (κ3) is 2.60. The highest BCUT2D eigenvalue weighted by Gasteiger charge is 2.32. The number of rotatable bonds is 3. The molecule has 0 bridgehead atoms. The Hall–Kier alpha value is -1.70. The Morgan fingerprint density at radius 3 is 2.90 bits per heavy atom. The Labute approximate surface area is 123 Å². The van der Waals surface area contributed by atoms with Gasteiger partial charge in [-0.15, -0.1) is 0 Å². The molecule has 2 rings (SSSR count). The van der Waals surface area contributed by atoms with E-state index in [4.69, 9.17) is 0 Å². The van der Waals surface area contributed by atoms with Crippen LogP contribution in [0, 0.1) is 17.0 Å². The van der Waals surface area contributed by atoms with E-state index < -0.39 is 16.9 Å². The molecule has 7 nitrogen and oxygen atoms in total. The van der Waals surface area contributed by atoms with Gasteiger partial charge in [-0.1, -0.05) is 0 Å². The zero-order valence-corrected chi connectivity index (χ0v) is 12.5. The van der Waals surface area contributed by atoms with E-state index in [1.807, 2.05) is 0 Å². The Morgan fingerprint density at radius 2 is 2.30 bits per heavy atom. The van der Waals surface area contributed by atoms with Crippen molar-refractivity contribution in [3.63, 3.8) is 0 Å². The van der Waals surface area contributed by atoms with E-state index in [0.29, 0.717) is 28.8 Å². The maximum atomic E-state index is 11.3. The first-order chi connectivity index (χ1) is 9.43. The molecule has 1 N–H and O–H groups in total. The van der Waals surface area contributed by atoms with Gasteiger partial charge in [-0.2, -0.15) is 0 Å². The van der Waals surface area contributed by atoms with E-state index >= 15 is 0 Å². The minimum Gasteiger partial charge on any atom is -0.480 e. The number of hydrogen-bond acceptors (Lipinski definition) is 5. The number of hydrogen-bond donors (Lipinski definition) is 1. The van der Waals surface area contributed by atoms with Crippen molar-refractivity contribution in [1.29, 1.82) is 0 Å². The molecule has 8 heteroatoms. The first kappa shape index (κ1) is 14.7. The molecule has 1 aliphatic rings. The zero-order valence-electron chi connectivity index (χ0n) is 10.9. The van der Waals surface area contributed by atoms with Crippen molar-refractivity contribution in [1.82, 2.24) is 4.98 Å². The van der Waals surface area contributed by atoms with Crippen LogP contribution in [0.1, 0.15) is 24.8 Å². The molecule has 0 radical (unpaired) electrons. The molecule has 1 aromatic heterocycles. The van der Waals surface area contributed by atoms with Crippen molar-refractivity contribution in [2.75, 3.05) is 11.4 Å². The lowest BCUT2D eigenvalue weighted by Crippen LogP contribution is -2.45. The van der Waals surface area contributed by atoms with Crippen LogP contribution in [0.5, 0.6) is 0 Å². The fraction of sp³-hybridized carbons (Fsp3) is 0.500. The second-order valence-electron chi connectivity index (χ2n) is 4.71. The largest absolute Gasteiger partial charge is 0.480 e. The first-order valence-electron chi connectivity index (χ1n) is 6.22. The molecular weight excluding hydrogens is 330 g/mol. The molecule has 0 aromatic carbocycles. The Balaban J connectivity index is 2.44. The average molecular weight is 344 g/mol. The van der Waals surface area contributed by atoms with Crippen molar-refractivity contribution in [2.24, 2.45) is 0 Å². The van der Waals surface area contributed by atoms with Gasteiger partial charge < -0.3 is 10.0 Å². The normalized spacial score (nSPS) is 18.9. The SMILES string of the molecule is Cc1c([N+](=O)[O-])cnc(N2CCCCC2C(=O)O)c1Br. The van der Waals surface area contributed by atoms with Crippen molar-refractivity contribution in [3.05, 3.63) is 26.3 Å². The molecule has 1 atom stereocenters. The lowest BCUT2D eigenvalue weighted by Gasteiger charge is -2.34. The third-order valence-corrected chi connectivity index (χ3v) is 4.42. The summed E-state index contributed by atoms with van der Waals surface area (Å²) in [5, 5.41) is 20.2. The van der Waals surface area contributed by atoms with Gasteiger partial charge in [0.1, 0.15) is 18.1 Å². The first-order valence-corrected chi connectivity index (χ1v) is 7.01. The smallest absolute Gasteiger partial charge is 0.326 e. The van der Waals surface area contributed by atoms with E-state index in [2.05, 4.69) is 20.9 Å². The van der Waals surface area contributed by atoms with Crippen LogP contribution in [0.4, 0.5) is 11.5 Å². The molecule has 1 unspecified atom stereocenters. The molecule has 1 saturated heterocycles. The van der Waals surface area contributed by atoms with Gasteiger partial charge >= 0.3 is 5.97 Å². The summed E-state index contributed by atoms with van der Waals surface area (Å²) in [6.07, 6.45) is 3.48. The summed E-state index contributed by atoms with van der Waals surface area (Å²) in [4.78, 5) is 27.5. The van der Waals surface area contributed by atoms with Gasteiger partial charge in [0, 0.05) is 12.1 Å². The molecule has 0 spiro atoms. The number of nitro groups is 1. The summed E-state index contributed by atoms with van der Waals surface area (Å²) in [5.74, 6) is -0.436. The second-order valence-corrected chi connectivity index (χ2v) is 5.50. The van der Waals surface area contributed by atoms with Gasteiger partial charge in [0.25, 0.3) is 5.69 Å². The molecule has 108 valence electrons. The van der Waals surface area contributed by atoms with E-state index in [9.17, 15) is 20.0 Å². The molecular formula is C12H14BrN3O4. The maximum absolute atomic E-state index is 11.3. The summed E-state index contributed by atoms with van der Waals surface area (Å²) in [6, 6.07) is -0.631. The molecule has 1 aromatic rings. The van der Waals surface area contributed by atoms with Gasteiger partial charge in [-0.25, -0.2) is 9.78 Å². The highest BCUT2D eigenvalue weighted by molar-refractivity contribution is 9.10. The third-order valence-electron chi connectivity index (χ3n) is 3.48. The number of aliphatic carboxylic acids is 1. The van der Waals surface area contributed by atoms with Crippen LogP contribution in [-0.4, -0.2) is 33.6 Å². The lowest BCUT2D eigenvalue weighted by molar-refractivity contribution is -0.385. The van der Waals surface area contributed by atoms with Crippen molar-refractivity contribution < 1.29 is 14.8 Å². The molecule has 0 aliphatic carbocycles. The van der Waals surface area contributed by atoms with Crippen molar-refractivity contribution >= 4 is 33.4 Å². The van der Waals surface area contributed by atoms with Crippen LogP contribution < -0.4 is 4.90 Å². The molecule has 0 amide bonds. The Kier molecular flexibility index (Phi) is 4.22. The van der Waals surface area contributed by atoms with Crippen LogP contribution in [-0.2, 0) is 4.79 Å². The number of carbonyl (C=O) groups is 1. The quantitative estimate of drug-likeness (QED) is 0.668. The molecule has 1 aliphatic heterocycles. The predicted octanol–water partition coefficient (Wildman–Crippen LogP) is 2.50. The standard InChI is InChI=1S/C12H14BrN3O4/c1-7-9(16(19)20)6-14-11(10(7)13)15-5-3-2-4-8(15)12(17)18/h6,8H,2-5H2,1H3,(H,17,18). The number of aromatic nitrogens is 1. The molecule has 2 heterocycles. The number of nitrogens with zero attached hydrogens (tertiary/aromatic N) is 3. The van der Waals surface area contributed by atoms with Gasteiger partial charge in [-0.05, 0) is 42.1 Å². The van der Waals surface area contributed by atoms with Gasteiger partial charge in [0.15, 0.2) is 0 Å². The topological polar surface area (TPSA) is 96.6 Å². The number of anilines is 1. The number of pyridine rings is 1. The van der Waals surface area contributed by atoms with Crippen LogP contribution in [0.25, 0.3) is 0 Å². The van der Waals surface area contributed by atoms with E-state index in [1.165, 1.54) is 6.20 Å². The van der Waals surface area contributed by atoms with Gasteiger partial charge in [-0.3, -0.25) is 10.1 Å². The monoisotopic (exact) mass is 343 g/mol. The van der Waals surface area contributed by atoms with Gasteiger partial charge in [0.2, 0.25) is 0 Å². The highest BCUT2D eigenvalue weighted by Crippen LogP contribution is 2.35. The summed E-state index contributed by atoms with van der Waals surface area (Å²) >= 11 is 3.31. The minimum absolute atomic E-state index is 0.0792. The summed E-state index contributed by atoms with van der Waals surface area (Å²) < 4.78 is 0.486. The van der Waals surface area contributed by atoms with Crippen LogP contribution in [0.3, 0.4) is 0 Å². The fourth-order valence-electron chi connectivity index (χ4n) is 2.38. The minimum atomic E-state index is -0.894. The van der Waals surface area contributed by atoms with E-state index in [0.717, 1.165) is 12.8 Å². The van der Waals surface area contributed by atoms with Crippen LogP contribution in [0.2, 0.25) is 0 Å². The number of carboxylic acid groups (broad SMARTS) is 1. The maximum Gasteiger partial charge on any atom is 0.326 e. The number of halogens is 1. The fourth-order valence-corrected chi connectivity index (χ4v) is 2.92. The average Bonchev–Trinajstić information content (AvgIpc) is 2.41. The van der Waals surface area contributed by atoms with E-state index in [-0.39, 0.29) is 5.69 Å². The van der Waals surface area contributed by atoms with Crippen molar-refractivity contribution in [2.45, 2.75) is 32.2 Å². The zero-order chi connectivity index (χ0) is 14.9. The summed E-state index contributed by atoms with van der Waals surface area (Å²) in [6.45, 7) is 2.20. The van der Waals surface area contributed by atoms with Crippen LogP contribution in [0.15, 0.2) is 10.7 Å². The number of piperidine rings is 1. The summed E-state index contributed by atoms with van der Waals surface area (Å²) in [5.41, 5.74) is 0.374. The number of carboxylic acids is 1. The van der Waals surface area contributed by atoms with Crippen LogP contribution >= 0.6 is 15.9 Å². The molecule has 0 saturated carbocycles. The molecule has 20 heavy (non-hydrogen) atoms. The molecule has 1 fully saturated rings. The van der Waals surface area contributed by atoms with Gasteiger partial charge in [0.05, 0.1) is 9.40 Å². The van der Waals surface area contributed by atoms with Crippen molar-refractivity contribution in [3.8, 4) is 0 Å². The van der Waals surface area contributed by atoms with E-state index in [1.54, 1.807) is 11.8 Å². The Bertz CT molecular complexity index is 564. The second kappa shape index (κ2) is 5.74. The predicted molar refractivity (Wildman–Crippen MR) is 75.9 cm³/mol. The lowest BCUT2D eigenvalue weighted by atomic mass is 10.0. The Morgan fingerprint density at radius 1 is 1.60 bits per heavy atom. The highest BCUT2D eigenvalue weighted by atomic mass is 79.9. The summed E-state index contributed by atoms with van der Waals surface area (Å²) in [7, 11) is 0.